The molecule has 0 aromatic carbocycles. The van der Waals surface area contributed by atoms with E-state index in [1.807, 2.05) is 0 Å². The van der Waals surface area contributed by atoms with Crippen LogP contribution in [0.2, 0.25) is 0 Å². The van der Waals surface area contributed by atoms with Crippen molar-refractivity contribution >= 4 is 7.82 Å². The molecule has 0 unspecified atom stereocenters. The van der Waals surface area contributed by atoms with E-state index in [-0.39, 0.29) is 88.7 Å². The van der Waals surface area contributed by atoms with Crippen LogP contribution < -0.4 is 104 Å². The zero-order chi connectivity index (χ0) is 14.1. The monoisotopic (exact) mass is 338 g/mol. The van der Waals surface area contributed by atoms with Crippen molar-refractivity contribution in [1.82, 2.24) is 0 Å². The summed E-state index contributed by atoms with van der Waals surface area (Å²) < 4.78 is 8.66. The maximum Gasteiger partial charge on any atom is 1.00 e. The number of rotatable bonds is 1. The van der Waals surface area contributed by atoms with Crippen molar-refractivity contribution in [3.05, 3.63) is 0 Å². The SMILES string of the molecule is CC1CCC(C(C)C)CC1.O=P([O-])([O-])O.[Na+].[Na+].[Na+].[O-]O. The summed E-state index contributed by atoms with van der Waals surface area (Å²) in [6, 6.07) is 0. The van der Waals surface area contributed by atoms with Crippen molar-refractivity contribution in [2.75, 3.05) is 0 Å². The summed E-state index contributed by atoms with van der Waals surface area (Å²) >= 11 is 0. The third-order valence-corrected chi connectivity index (χ3v) is 3.00. The number of hydrogen-bond acceptors (Lipinski definition) is 5. The van der Waals surface area contributed by atoms with E-state index in [1.165, 1.54) is 25.7 Å². The maximum atomic E-state index is 8.66. The molecule has 0 bridgehead atoms. The van der Waals surface area contributed by atoms with Crippen LogP contribution in [0.25, 0.3) is 0 Å². The zero-order valence-corrected chi connectivity index (χ0v) is 20.4. The molecule has 10 heteroatoms. The largest absolute Gasteiger partial charge is 1.00 e. The van der Waals surface area contributed by atoms with Gasteiger partial charge in [-0.25, -0.2) is 0 Å². The minimum atomic E-state index is -5.14. The summed E-state index contributed by atoms with van der Waals surface area (Å²) in [4.78, 5) is 24.3. The zero-order valence-electron chi connectivity index (χ0n) is 13.5. The Morgan fingerprint density at radius 2 is 1.25 bits per heavy atom. The molecule has 0 spiro atoms. The first kappa shape index (κ1) is 34.4. The van der Waals surface area contributed by atoms with Crippen LogP contribution >= 0.6 is 7.82 Å². The fourth-order valence-electron chi connectivity index (χ4n) is 1.95. The molecule has 0 atom stereocenters. The molecule has 1 rings (SSSR count). The fraction of sp³-hybridized carbons (Fsp3) is 1.00. The maximum absolute atomic E-state index is 8.66. The average Bonchev–Trinajstić information content (AvgIpc) is 2.19. The van der Waals surface area contributed by atoms with E-state index in [2.05, 4.69) is 20.8 Å². The normalized spacial score (nSPS) is 20.6. The Hall–Kier alpha value is 3.03. The van der Waals surface area contributed by atoms with Crippen LogP contribution in [0.5, 0.6) is 0 Å². The van der Waals surface area contributed by atoms with Crippen molar-refractivity contribution < 1.29 is 118 Å². The van der Waals surface area contributed by atoms with E-state index in [0.29, 0.717) is 0 Å². The molecule has 0 aromatic heterocycles. The molecule has 0 aliphatic heterocycles. The number of hydrogen-bond donors (Lipinski definition) is 2. The standard InChI is InChI=1S/C10H20.3Na.H3O4P.H2O2/c1-8(2)10-6-4-9(3)5-7-10;;;;1-5(2,3)4;1-2/h8-10H,4-7H2,1-3H3;;;;(H3,1,2,3,4);1-2H/q;3*+1;;/p-3. The van der Waals surface area contributed by atoms with Gasteiger partial charge in [-0.2, -0.15) is 0 Å². The first-order chi connectivity index (χ1) is 7.70. The molecule has 1 saturated carbocycles. The van der Waals surface area contributed by atoms with Gasteiger partial charge in [0, 0.05) is 0 Å². The van der Waals surface area contributed by atoms with Crippen LogP contribution in [-0.4, -0.2) is 10.2 Å². The summed E-state index contributed by atoms with van der Waals surface area (Å²) in [5.41, 5.74) is 0. The van der Waals surface area contributed by atoms with Gasteiger partial charge in [0.05, 0.1) is 7.82 Å². The summed E-state index contributed by atoms with van der Waals surface area (Å²) in [7, 11) is -5.14. The molecule has 1 aliphatic carbocycles. The van der Waals surface area contributed by atoms with Crippen molar-refractivity contribution in [2.45, 2.75) is 46.5 Å². The molecule has 20 heavy (non-hydrogen) atoms. The second-order valence-electron chi connectivity index (χ2n) is 4.73. The van der Waals surface area contributed by atoms with Gasteiger partial charge in [-0.1, -0.05) is 33.6 Å². The van der Waals surface area contributed by atoms with Gasteiger partial charge in [0.15, 0.2) is 0 Å². The van der Waals surface area contributed by atoms with Gasteiger partial charge in [-0.3, -0.25) is 0 Å². The van der Waals surface area contributed by atoms with Gasteiger partial charge in [0.2, 0.25) is 0 Å². The molecule has 2 N–H and O–H groups in total. The Balaban J connectivity index is -0.0000000661. The molecule has 1 aliphatic rings. The molecular weight excluding hydrogens is 316 g/mol. The van der Waals surface area contributed by atoms with Crippen LogP contribution in [-0.2, 0) is 4.57 Å². The van der Waals surface area contributed by atoms with E-state index in [9.17, 15) is 0 Å². The van der Waals surface area contributed by atoms with Gasteiger partial charge in [0.25, 0.3) is 0 Å². The van der Waals surface area contributed by atoms with Crippen molar-refractivity contribution in [2.24, 2.45) is 17.8 Å². The van der Waals surface area contributed by atoms with Gasteiger partial charge < -0.3 is 29.8 Å². The average molecular weight is 338 g/mol. The summed E-state index contributed by atoms with van der Waals surface area (Å²) in [6.07, 6.45) is 5.92. The van der Waals surface area contributed by atoms with E-state index >= 15 is 0 Å². The van der Waals surface area contributed by atoms with E-state index in [4.69, 9.17) is 29.8 Å². The van der Waals surface area contributed by atoms with Crippen LogP contribution in [0, 0.1) is 17.8 Å². The molecule has 0 heterocycles. The van der Waals surface area contributed by atoms with Gasteiger partial charge in [-0.05, 0) is 30.6 Å². The second-order valence-corrected chi connectivity index (χ2v) is 5.67. The predicted molar refractivity (Wildman–Crippen MR) is 58.4 cm³/mol. The smallest absolute Gasteiger partial charge is 0.790 e. The van der Waals surface area contributed by atoms with E-state index < -0.39 is 7.82 Å². The van der Waals surface area contributed by atoms with Crippen molar-refractivity contribution in [3.8, 4) is 0 Å². The number of phosphoric acid groups is 1. The van der Waals surface area contributed by atoms with Crippen LogP contribution in [0.3, 0.4) is 0 Å². The van der Waals surface area contributed by atoms with Crippen LogP contribution in [0.4, 0.5) is 0 Å². The van der Waals surface area contributed by atoms with E-state index in [0.717, 1.165) is 17.8 Å². The van der Waals surface area contributed by atoms with Gasteiger partial charge in [-0.15, -0.1) is 0 Å². The Morgan fingerprint density at radius 3 is 1.45 bits per heavy atom. The topological polar surface area (TPSA) is 127 Å². The third kappa shape index (κ3) is 29.1. The Kier molecular flexibility index (Phi) is 34.5. The molecule has 0 aromatic rings. The summed E-state index contributed by atoms with van der Waals surface area (Å²) in [5, 5.41) is 13.0. The second kappa shape index (κ2) is 20.1. The molecule has 106 valence electrons. The Bertz CT molecular complexity index is 211. The Morgan fingerprint density at radius 1 is 1.00 bits per heavy atom. The minimum Gasteiger partial charge on any atom is -0.790 e. The van der Waals surface area contributed by atoms with Crippen molar-refractivity contribution in [1.29, 1.82) is 0 Å². The molecule has 0 saturated heterocycles. The first-order valence-corrected chi connectivity index (χ1v) is 7.12. The van der Waals surface area contributed by atoms with E-state index in [1.54, 1.807) is 0 Å². The molecule has 0 amide bonds. The quantitative estimate of drug-likeness (QED) is 0.212. The molecule has 1 fully saturated rings. The van der Waals surface area contributed by atoms with Crippen molar-refractivity contribution in [3.63, 3.8) is 0 Å². The molecular formula is C10H22Na3O6P. The predicted octanol–water partition coefficient (Wildman–Crippen LogP) is -8.89. The Labute approximate surface area is 188 Å². The first-order valence-electron chi connectivity index (χ1n) is 5.63. The van der Waals surface area contributed by atoms with Crippen LogP contribution in [0.15, 0.2) is 0 Å². The molecule has 6 nitrogen and oxygen atoms in total. The van der Waals surface area contributed by atoms with Gasteiger partial charge >= 0.3 is 88.7 Å². The fourth-order valence-corrected chi connectivity index (χ4v) is 1.95. The summed E-state index contributed by atoms with van der Waals surface area (Å²) in [6.45, 7) is 7.11. The van der Waals surface area contributed by atoms with Crippen LogP contribution in [0.1, 0.15) is 46.5 Å². The molecule has 0 radical (unpaired) electrons. The summed E-state index contributed by atoms with van der Waals surface area (Å²) in [5.74, 6) is 2.97. The van der Waals surface area contributed by atoms with Gasteiger partial charge in [0.1, 0.15) is 0 Å². The third-order valence-electron chi connectivity index (χ3n) is 3.00. The minimum absolute atomic E-state index is 0.